The Labute approximate surface area is 73.6 Å². The van der Waals surface area contributed by atoms with Crippen LogP contribution in [0.2, 0.25) is 0 Å². The van der Waals surface area contributed by atoms with Crippen LogP contribution in [0.5, 0.6) is 0 Å². The molecule has 12 heavy (non-hydrogen) atoms. The molecule has 0 atom stereocenters. The van der Waals surface area contributed by atoms with Gasteiger partial charge in [0, 0.05) is 0 Å². The minimum Gasteiger partial charge on any atom is -0.217 e. The molecule has 0 amide bonds. The molecular weight excluding hydrogens is 170 g/mol. The molecule has 1 heterocycles. The van der Waals surface area contributed by atoms with Crippen molar-refractivity contribution in [1.29, 1.82) is 5.53 Å². The molecule has 60 valence electrons. The molecule has 4 heteroatoms. The van der Waals surface area contributed by atoms with Gasteiger partial charge in [0.15, 0.2) is 0 Å². The first-order valence-electron chi connectivity index (χ1n) is 3.54. The minimum atomic E-state index is 0.524. The molecule has 1 aromatic carbocycles. The van der Waals surface area contributed by atoms with Gasteiger partial charge in [-0.1, -0.05) is 17.4 Å². The number of hydrogen-bond donors (Lipinski definition) is 1. The van der Waals surface area contributed by atoms with Crippen LogP contribution < -0.4 is 0 Å². The molecule has 0 unspecified atom stereocenters. The highest BCUT2D eigenvalue weighted by molar-refractivity contribution is 7.21. The maximum Gasteiger partial charge on any atom is 0.230 e. The van der Waals surface area contributed by atoms with Gasteiger partial charge in [0.05, 0.1) is 10.2 Å². The summed E-state index contributed by atoms with van der Waals surface area (Å²) < 4.78 is 1.10. The summed E-state index contributed by atoms with van der Waals surface area (Å²) >= 11 is 1.45. The van der Waals surface area contributed by atoms with Gasteiger partial charge in [-0.3, -0.25) is 0 Å². The molecule has 2 rings (SSSR count). The molecule has 0 bridgehead atoms. The highest BCUT2D eigenvalue weighted by Gasteiger charge is 2.01. The van der Waals surface area contributed by atoms with E-state index in [1.165, 1.54) is 16.9 Å². The smallest absolute Gasteiger partial charge is 0.217 e. The fourth-order valence-corrected chi connectivity index (χ4v) is 1.92. The number of benzene rings is 1. The van der Waals surface area contributed by atoms with E-state index in [9.17, 15) is 0 Å². The van der Waals surface area contributed by atoms with E-state index in [2.05, 4.69) is 16.2 Å². The van der Waals surface area contributed by atoms with Crippen LogP contribution >= 0.6 is 11.3 Å². The second-order valence-electron chi connectivity index (χ2n) is 2.58. The van der Waals surface area contributed by atoms with Gasteiger partial charge >= 0.3 is 0 Å². The molecule has 0 fully saturated rings. The van der Waals surface area contributed by atoms with E-state index in [0.717, 1.165) is 10.2 Å². The van der Waals surface area contributed by atoms with E-state index >= 15 is 0 Å². The topological polar surface area (TPSA) is 49.1 Å². The fraction of sp³-hybridized carbons (Fsp3) is 0.125. The van der Waals surface area contributed by atoms with Gasteiger partial charge in [0.1, 0.15) is 0 Å². The van der Waals surface area contributed by atoms with Crippen LogP contribution in [0.15, 0.2) is 23.3 Å². The van der Waals surface area contributed by atoms with Gasteiger partial charge < -0.3 is 0 Å². The summed E-state index contributed by atoms with van der Waals surface area (Å²) in [5, 5.41) is 3.82. The van der Waals surface area contributed by atoms with Gasteiger partial charge in [-0.15, -0.1) is 5.11 Å². The van der Waals surface area contributed by atoms with Crippen molar-refractivity contribution in [2.24, 2.45) is 5.11 Å². The zero-order valence-electron chi connectivity index (χ0n) is 6.53. The Morgan fingerprint density at radius 3 is 3.08 bits per heavy atom. The summed E-state index contributed by atoms with van der Waals surface area (Å²) in [4.78, 5) is 4.14. The summed E-state index contributed by atoms with van der Waals surface area (Å²) in [5.74, 6) is 0. The highest BCUT2D eigenvalue weighted by Crippen LogP contribution is 2.28. The van der Waals surface area contributed by atoms with Crippen LogP contribution in [0.3, 0.4) is 0 Å². The number of aromatic nitrogens is 1. The van der Waals surface area contributed by atoms with Gasteiger partial charge in [-0.05, 0) is 24.6 Å². The number of aryl methyl sites for hydroxylation is 1. The Morgan fingerprint density at radius 1 is 1.50 bits per heavy atom. The molecular formula is C8H7N3S. The number of nitrogens with one attached hydrogen (secondary N) is 1. The summed E-state index contributed by atoms with van der Waals surface area (Å²) in [6.07, 6.45) is 0. The van der Waals surface area contributed by atoms with E-state index in [4.69, 9.17) is 5.53 Å². The summed E-state index contributed by atoms with van der Waals surface area (Å²) in [6, 6.07) is 6.02. The third-order valence-electron chi connectivity index (χ3n) is 1.63. The van der Waals surface area contributed by atoms with Gasteiger partial charge in [-0.2, -0.15) is 0 Å². The number of rotatable bonds is 1. The third-order valence-corrected chi connectivity index (χ3v) is 2.54. The maximum absolute atomic E-state index is 6.80. The predicted octanol–water partition coefficient (Wildman–Crippen LogP) is 3.27. The normalized spacial score (nSPS) is 10.4. The van der Waals surface area contributed by atoms with Crippen LogP contribution in [0.4, 0.5) is 5.13 Å². The standard InChI is InChI=1S/C8H7N3S/c1-5-2-3-6-7(4-5)12-8(10-6)11-9/h2-4,9H,1H3. The third kappa shape index (κ3) is 1.10. The SMILES string of the molecule is Cc1ccc2nc(N=N)sc2c1. The average Bonchev–Trinajstić information content (AvgIpc) is 2.46. The number of fused-ring (bicyclic) bond motifs is 1. The number of hydrogen-bond acceptors (Lipinski definition) is 4. The largest absolute Gasteiger partial charge is 0.230 e. The van der Waals surface area contributed by atoms with E-state index in [-0.39, 0.29) is 0 Å². The lowest BCUT2D eigenvalue weighted by Gasteiger charge is -1.88. The highest BCUT2D eigenvalue weighted by atomic mass is 32.1. The molecule has 0 saturated heterocycles. The van der Waals surface area contributed by atoms with Gasteiger partial charge in [0.2, 0.25) is 5.13 Å². The van der Waals surface area contributed by atoms with E-state index in [1.807, 2.05) is 19.1 Å². The van der Waals surface area contributed by atoms with Crippen molar-refractivity contribution in [2.45, 2.75) is 6.92 Å². The van der Waals surface area contributed by atoms with Crippen LogP contribution in [0.25, 0.3) is 10.2 Å². The van der Waals surface area contributed by atoms with Gasteiger partial charge in [-0.25, -0.2) is 10.5 Å². The van der Waals surface area contributed by atoms with Crippen molar-refractivity contribution in [2.75, 3.05) is 0 Å². The van der Waals surface area contributed by atoms with Crippen molar-refractivity contribution in [3.63, 3.8) is 0 Å². The monoisotopic (exact) mass is 177 g/mol. The van der Waals surface area contributed by atoms with Crippen LogP contribution in [-0.2, 0) is 0 Å². The molecule has 1 N–H and O–H groups in total. The molecule has 0 radical (unpaired) electrons. The fourth-order valence-electron chi connectivity index (χ4n) is 1.07. The first kappa shape index (κ1) is 7.36. The minimum absolute atomic E-state index is 0.524. The average molecular weight is 177 g/mol. The summed E-state index contributed by atoms with van der Waals surface area (Å²) in [5.41, 5.74) is 8.94. The number of thiazole rings is 1. The lowest BCUT2D eigenvalue weighted by molar-refractivity contribution is 1.13. The first-order chi connectivity index (χ1) is 5.79. The Morgan fingerprint density at radius 2 is 2.33 bits per heavy atom. The van der Waals surface area contributed by atoms with Crippen LogP contribution in [0.1, 0.15) is 5.56 Å². The van der Waals surface area contributed by atoms with E-state index in [1.54, 1.807) is 0 Å². The molecule has 0 aliphatic heterocycles. The van der Waals surface area contributed by atoms with Crippen molar-refractivity contribution in [3.8, 4) is 0 Å². The second kappa shape index (κ2) is 2.64. The molecule has 0 saturated carbocycles. The molecule has 2 aromatic rings. The second-order valence-corrected chi connectivity index (χ2v) is 3.59. The first-order valence-corrected chi connectivity index (χ1v) is 4.36. The molecule has 0 aliphatic carbocycles. The molecule has 0 aliphatic rings. The molecule has 0 spiro atoms. The lowest BCUT2D eigenvalue weighted by atomic mass is 10.2. The summed E-state index contributed by atoms with van der Waals surface area (Å²) in [6.45, 7) is 2.04. The zero-order chi connectivity index (χ0) is 8.55. The Balaban J connectivity index is 2.75. The van der Waals surface area contributed by atoms with Crippen molar-refractivity contribution in [1.82, 2.24) is 4.98 Å². The van der Waals surface area contributed by atoms with Crippen LogP contribution in [0, 0.1) is 12.5 Å². The van der Waals surface area contributed by atoms with Crippen LogP contribution in [-0.4, -0.2) is 4.98 Å². The Hall–Kier alpha value is -1.29. The number of nitrogens with zero attached hydrogens (tertiary/aromatic N) is 2. The Bertz CT molecular complexity index is 433. The Kier molecular flexibility index (Phi) is 1.62. The zero-order valence-corrected chi connectivity index (χ0v) is 7.35. The quantitative estimate of drug-likeness (QED) is 0.668. The predicted molar refractivity (Wildman–Crippen MR) is 49.2 cm³/mol. The lowest BCUT2D eigenvalue weighted by Crippen LogP contribution is -1.69. The maximum atomic E-state index is 6.80. The summed E-state index contributed by atoms with van der Waals surface area (Å²) in [7, 11) is 0. The van der Waals surface area contributed by atoms with Crippen molar-refractivity contribution >= 4 is 26.7 Å². The molecule has 3 nitrogen and oxygen atoms in total. The molecule has 1 aromatic heterocycles. The van der Waals surface area contributed by atoms with E-state index in [0.29, 0.717) is 5.13 Å². The van der Waals surface area contributed by atoms with Gasteiger partial charge in [0.25, 0.3) is 0 Å². The van der Waals surface area contributed by atoms with Crippen molar-refractivity contribution in [3.05, 3.63) is 23.8 Å². The van der Waals surface area contributed by atoms with Crippen molar-refractivity contribution < 1.29 is 0 Å². The van der Waals surface area contributed by atoms with E-state index < -0.39 is 0 Å².